The Bertz CT molecular complexity index is 676. The molecule has 0 aliphatic rings. The Balaban J connectivity index is 2.12. The highest BCUT2D eigenvalue weighted by Gasteiger charge is 2.15. The van der Waals surface area contributed by atoms with Gasteiger partial charge in [-0.15, -0.1) is 0 Å². The normalized spacial score (nSPS) is 10.2. The van der Waals surface area contributed by atoms with Crippen molar-refractivity contribution >= 4 is 23.3 Å². The Morgan fingerprint density at radius 2 is 2.10 bits per heavy atom. The molecule has 0 spiro atoms. The quantitative estimate of drug-likeness (QED) is 0.694. The van der Waals surface area contributed by atoms with E-state index in [-0.39, 0.29) is 28.4 Å². The van der Waals surface area contributed by atoms with Gasteiger partial charge in [-0.2, -0.15) is 0 Å². The third-order valence-corrected chi connectivity index (χ3v) is 3.11. The largest absolute Gasteiger partial charge is 0.495 e. The van der Waals surface area contributed by atoms with Crippen molar-refractivity contribution in [1.29, 1.82) is 0 Å². The third-order valence-electron chi connectivity index (χ3n) is 2.88. The topological polar surface area (TPSA) is 61.5 Å². The minimum Gasteiger partial charge on any atom is -0.495 e. The zero-order chi connectivity index (χ0) is 15.4. The van der Waals surface area contributed by atoms with E-state index in [1.165, 1.54) is 25.3 Å². The number of nitrogen functional groups attached to an aromatic ring is 1. The number of carbonyl (C=O) groups excluding carboxylic acids is 1. The maximum atomic E-state index is 13.6. The van der Waals surface area contributed by atoms with E-state index in [0.29, 0.717) is 5.75 Å². The van der Waals surface area contributed by atoms with Crippen LogP contribution in [0.3, 0.4) is 0 Å². The van der Waals surface area contributed by atoms with Crippen molar-refractivity contribution in [1.82, 2.24) is 0 Å². The van der Waals surface area contributed by atoms with Crippen LogP contribution in [0, 0.1) is 5.82 Å². The molecule has 0 atom stereocenters. The van der Waals surface area contributed by atoms with E-state index in [2.05, 4.69) is 0 Å². The molecule has 0 fully saturated rings. The molecule has 0 radical (unpaired) electrons. The number of methoxy groups -OCH3 is 1. The number of hydrogen-bond donors (Lipinski definition) is 1. The van der Waals surface area contributed by atoms with Crippen molar-refractivity contribution in [3.8, 4) is 5.75 Å². The minimum atomic E-state index is -0.652. The minimum absolute atomic E-state index is 0.170. The summed E-state index contributed by atoms with van der Waals surface area (Å²) in [5.41, 5.74) is 6.38. The van der Waals surface area contributed by atoms with Crippen molar-refractivity contribution < 1.29 is 18.7 Å². The summed E-state index contributed by atoms with van der Waals surface area (Å²) in [6.45, 7) is -0.210. The van der Waals surface area contributed by atoms with Crippen molar-refractivity contribution in [2.75, 3.05) is 12.8 Å². The molecule has 0 aliphatic heterocycles. The molecule has 0 aliphatic carbocycles. The lowest BCUT2D eigenvalue weighted by molar-refractivity contribution is 0.0470. The van der Waals surface area contributed by atoms with Crippen molar-refractivity contribution in [2.45, 2.75) is 6.61 Å². The Morgan fingerprint density at radius 1 is 1.33 bits per heavy atom. The Hall–Kier alpha value is -2.27. The van der Waals surface area contributed by atoms with Gasteiger partial charge in [0.05, 0.1) is 18.4 Å². The molecule has 0 bridgehead atoms. The molecule has 4 nitrogen and oxygen atoms in total. The fraction of sp³-hybridized carbons (Fsp3) is 0.133. The molecular formula is C15H13ClFNO3. The lowest BCUT2D eigenvalue weighted by Crippen LogP contribution is -2.09. The van der Waals surface area contributed by atoms with Crippen LogP contribution in [-0.2, 0) is 11.3 Å². The second-order valence-electron chi connectivity index (χ2n) is 4.23. The number of anilines is 1. The molecule has 0 saturated carbocycles. The SMILES string of the molecule is COc1cccc(C(=O)OCc2ccc(Cl)cc2F)c1N. The van der Waals surface area contributed by atoms with E-state index in [9.17, 15) is 9.18 Å². The maximum Gasteiger partial charge on any atom is 0.340 e. The first-order valence-electron chi connectivity index (χ1n) is 6.06. The van der Waals surface area contributed by atoms with Gasteiger partial charge in [0.25, 0.3) is 0 Å². The fourth-order valence-corrected chi connectivity index (χ4v) is 1.92. The molecule has 0 heterocycles. The maximum absolute atomic E-state index is 13.6. The predicted octanol–water partition coefficient (Wildman–Crippen LogP) is 3.43. The summed E-state index contributed by atoms with van der Waals surface area (Å²) < 4.78 is 23.7. The summed E-state index contributed by atoms with van der Waals surface area (Å²) in [5.74, 6) is -0.809. The summed E-state index contributed by atoms with van der Waals surface area (Å²) in [6, 6.07) is 8.90. The number of benzene rings is 2. The van der Waals surface area contributed by atoms with Crippen LogP contribution in [0.2, 0.25) is 5.02 Å². The smallest absolute Gasteiger partial charge is 0.340 e. The molecule has 21 heavy (non-hydrogen) atoms. The van der Waals surface area contributed by atoms with Crippen LogP contribution in [0.1, 0.15) is 15.9 Å². The van der Waals surface area contributed by atoms with Gasteiger partial charge in [0.2, 0.25) is 0 Å². The van der Waals surface area contributed by atoms with Gasteiger partial charge in [-0.05, 0) is 24.3 Å². The second kappa shape index (κ2) is 6.45. The molecule has 110 valence electrons. The van der Waals surface area contributed by atoms with Crippen molar-refractivity contribution in [3.05, 3.63) is 58.4 Å². The molecular weight excluding hydrogens is 297 g/mol. The number of para-hydroxylation sites is 1. The van der Waals surface area contributed by atoms with Crippen molar-refractivity contribution in [3.63, 3.8) is 0 Å². The van der Waals surface area contributed by atoms with Crippen LogP contribution in [0.15, 0.2) is 36.4 Å². The van der Waals surface area contributed by atoms with E-state index in [0.717, 1.165) is 6.07 Å². The first-order valence-corrected chi connectivity index (χ1v) is 6.44. The van der Waals surface area contributed by atoms with Gasteiger partial charge in [-0.25, -0.2) is 9.18 Å². The van der Waals surface area contributed by atoms with Gasteiger partial charge in [-0.3, -0.25) is 0 Å². The van der Waals surface area contributed by atoms with E-state index >= 15 is 0 Å². The van der Waals surface area contributed by atoms with Gasteiger partial charge in [-0.1, -0.05) is 23.7 Å². The van der Waals surface area contributed by atoms with Gasteiger partial charge >= 0.3 is 5.97 Å². The first kappa shape index (κ1) is 15.1. The Morgan fingerprint density at radius 3 is 2.76 bits per heavy atom. The standard InChI is InChI=1S/C15H13ClFNO3/c1-20-13-4-2-3-11(14(13)18)15(19)21-8-9-5-6-10(16)7-12(9)17/h2-7H,8,18H2,1H3. The van der Waals surface area contributed by atoms with Gasteiger partial charge in [0, 0.05) is 10.6 Å². The first-order chi connectivity index (χ1) is 10.0. The van der Waals surface area contributed by atoms with Crippen LogP contribution < -0.4 is 10.5 Å². The molecule has 2 rings (SSSR count). The van der Waals surface area contributed by atoms with E-state index in [1.807, 2.05) is 0 Å². The molecule has 0 amide bonds. The summed E-state index contributed by atoms with van der Waals surface area (Å²) in [4.78, 5) is 12.0. The number of carbonyl (C=O) groups is 1. The second-order valence-corrected chi connectivity index (χ2v) is 4.67. The fourth-order valence-electron chi connectivity index (χ4n) is 1.76. The van der Waals surface area contributed by atoms with Crippen LogP contribution in [0.4, 0.5) is 10.1 Å². The summed E-state index contributed by atoms with van der Waals surface area (Å²) in [6.07, 6.45) is 0. The number of ether oxygens (including phenoxy) is 2. The van der Waals surface area contributed by atoms with Crippen LogP contribution >= 0.6 is 11.6 Å². The number of esters is 1. The highest BCUT2D eigenvalue weighted by atomic mass is 35.5. The van der Waals surface area contributed by atoms with Crippen LogP contribution in [-0.4, -0.2) is 13.1 Å². The molecule has 6 heteroatoms. The molecule has 0 unspecified atom stereocenters. The number of hydrogen-bond acceptors (Lipinski definition) is 4. The van der Waals surface area contributed by atoms with Crippen LogP contribution in [0.5, 0.6) is 5.75 Å². The molecule has 2 N–H and O–H groups in total. The monoisotopic (exact) mass is 309 g/mol. The molecule has 2 aromatic rings. The predicted molar refractivity (Wildman–Crippen MR) is 77.9 cm³/mol. The highest BCUT2D eigenvalue weighted by molar-refractivity contribution is 6.30. The average molecular weight is 310 g/mol. The van der Waals surface area contributed by atoms with Gasteiger partial charge in [0.15, 0.2) is 0 Å². The van der Waals surface area contributed by atoms with E-state index < -0.39 is 11.8 Å². The Labute approximate surface area is 126 Å². The lowest BCUT2D eigenvalue weighted by Gasteiger charge is -2.10. The van der Waals surface area contributed by atoms with Gasteiger partial charge < -0.3 is 15.2 Å². The third kappa shape index (κ3) is 3.44. The Kier molecular flexibility index (Phi) is 4.65. The average Bonchev–Trinajstić information content (AvgIpc) is 2.46. The number of rotatable bonds is 4. The number of halogens is 2. The molecule has 2 aromatic carbocycles. The molecule has 0 saturated heterocycles. The summed E-state index contributed by atoms with van der Waals surface area (Å²) >= 11 is 5.65. The van der Waals surface area contributed by atoms with Gasteiger partial charge in [0.1, 0.15) is 18.2 Å². The lowest BCUT2D eigenvalue weighted by atomic mass is 10.1. The van der Waals surface area contributed by atoms with E-state index in [1.54, 1.807) is 12.1 Å². The summed E-state index contributed by atoms with van der Waals surface area (Å²) in [5, 5.41) is 0.277. The van der Waals surface area contributed by atoms with Crippen molar-refractivity contribution in [2.24, 2.45) is 0 Å². The zero-order valence-electron chi connectivity index (χ0n) is 11.2. The highest BCUT2D eigenvalue weighted by Crippen LogP contribution is 2.25. The van der Waals surface area contributed by atoms with E-state index in [4.69, 9.17) is 26.8 Å². The number of nitrogens with two attached hydrogens (primary N) is 1. The zero-order valence-corrected chi connectivity index (χ0v) is 12.0. The molecule has 0 aromatic heterocycles. The summed E-state index contributed by atoms with van der Waals surface area (Å²) in [7, 11) is 1.45. The van der Waals surface area contributed by atoms with Crippen LogP contribution in [0.25, 0.3) is 0 Å².